The van der Waals surface area contributed by atoms with E-state index in [1.54, 1.807) is 18.3 Å². The molecule has 3 aromatic carbocycles. The van der Waals surface area contributed by atoms with Crippen LogP contribution in [0.4, 0.5) is 5.13 Å². The van der Waals surface area contributed by atoms with E-state index in [1.807, 2.05) is 48.5 Å². The van der Waals surface area contributed by atoms with E-state index in [4.69, 9.17) is 14.1 Å². The predicted octanol–water partition coefficient (Wildman–Crippen LogP) is 6.51. The van der Waals surface area contributed by atoms with Gasteiger partial charge in [-0.2, -0.15) is 0 Å². The summed E-state index contributed by atoms with van der Waals surface area (Å²) in [6.45, 7) is 4.40. The van der Waals surface area contributed by atoms with Crippen LogP contribution in [0.1, 0.15) is 27.2 Å². The maximum absolute atomic E-state index is 13.9. The van der Waals surface area contributed by atoms with Crippen molar-refractivity contribution in [1.82, 2.24) is 4.98 Å². The second-order valence-electron chi connectivity index (χ2n) is 7.80. The highest BCUT2D eigenvalue weighted by atomic mass is 32.1. The van der Waals surface area contributed by atoms with Crippen LogP contribution in [0.2, 0.25) is 0 Å². The van der Waals surface area contributed by atoms with Crippen LogP contribution in [0.3, 0.4) is 0 Å². The van der Waals surface area contributed by atoms with Gasteiger partial charge in [-0.3, -0.25) is 9.69 Å². The zero-order valence-corrected chi connectivity index (χ0v) is 18.9. The summed E-state index contributed by atoms with van der Waals surface area (Å²) in [4.78, 5) is 20.4. The molecule has 0 N–H and O–H groups in total. The van der Waals surface area contributed by atoms with Crippen LogP contribution in [-0.4, -0.2) is 18.0 Å². The molecular weight excluding hydrogens is 420 g/mol. The number of fused-ring (bicyclic) bond motifs is 2. The molecule has 0 spiro atoms. The Morgan fingerprint density at radius 1 is 1.06 bits per heavy atom. The van der Waals surface area contributed by atoms with Gasteiger partial charge in [-0.05, 0) is 66.1 Å². The standard InChI is InChI=1S/C26H22N2O3S/c1-16-11-17(2)24-22(12-16)27-26(32-24)28(15-20-9-6-10-31-20)25(29)21-13-18-7-4-5-8-19(18)14-23(21)30-3/h4-14H,15H2,1-3H3. The van der Waals surface area contributed by atoms with Gasteiger partial charge in [0.05, 0.1) is 35.7 Å². The number of ether oxygens (including phenoxy) is 1. The van der Waals surface area contributed by atoms with Crippen molar-refractivity contribution in [2.45, 2.75) is 20.4 Å². The van der Waals surface area contributed by atoms with Gasteiger partial charge >= 0.3 is 0 Å². The van der Waals surface area contributed by atoms with Crippen molar-refractivity contribution >= 4 is 43.4 Å². The predicted molar refractivity (Wildman–Crippen MR) is 129 cm³/mol. The van der Waals surface area contributed by atoms with Gasteiger partial charge in [0.15, 0.2) is 5.13 Å². The molecule has 1 amide bonds. The Morgan fingerprint density at radius 3 is 2.56 bits per heavy atom. The minimum absolute atomic E-state index is 0.183. The summed E-state index contributed by atoms with van der Waals surface area (Å²) in [7, 11) is 1.58. The van der Waals surface area contributed by atoms with Crippen LogP contribution >= 0.6 is 11.3 Å². The number of furan rings is 1. The molecule has 160 valence electrons. The highest BCUT2D eigenvalue weighted by Gasteiger charge is 2.26. The molecule has 0 saturated carbocycles. The van der Waals surface area contributed by atoms with E-state index in [2.05, 4.69) is 26.0 Å². The molecule has 2 heterocycles. The number of hydrogen-bond donors (Lipinski definition) is 0. The zero-order chi connectivity index (χ0) is 22.2. The van der Waals surface area contributed by atoms with Crippen LogP contribution < -0.4 is 9.64 Å². The van der Waals surface area contributed by atoms with Crippen LogP contribution in [0.15, 0.2) is 71.3 Å². The molecule has 5 aromatic rings. The summed E-state index contributed by atoms with van der Waals surface area (Å²) in [6.07, 6.45) is 1.61. The number of nitrogens with zero attached hydrogens (tertiary/aromatic N) is 2. The third kappa shape index (κ3) is 3.63. The van der Waals surface area contributed by atoms with E-state index < -0.39 is 0 Å². The number of rotatable bonds is 5. The Labute approximate surface area is 189 Å². The summed E-state index contributed by atoms with van der Waals surface area (Å²) in [6, 6.07) is 19.6. The Bertz CT molecular complexity index is 1440. The number of carbonyl (C=O) groups is 1. The van der Waals surface area contributed by atoms with Crippen LogP contribution in [0.25, 0.3) is 21.0 Å². The summed E-state index contributed by atoms with van der Waals surface area (Å²) in [5, 5.41) is 2.63. The lowest BCUT2D eigenvalue weighted by Gasteiger charge is -2.20. The Balaban J connectivity index is 1.65. The fourth-order valence-corrected chi connectivity index (χ4v) is 4.98. The molecule has 0 radical (unpaired) electrons. The monoisotopic (exact) mass is 442 g/mol. The molecule has 0 unspecified atom stereocenters. The lowest BCUT2D eigenvalue weighted by Crippen LogP contribution is -2.30. The van der Waals surface area contributed by atoms with E-state index >= 15 is 0 Å². The summed E-state index contributed by atoms with van der Waals surface area (Å²) < 4.78 is 12.2. The molecule has 0 aliphatic heterocycles. The molecular formula is C26H22N2O3S. The lowest BCUT2D eigenvalue weighted by molar-refractivity contribution is 0.0980. The molecule has 2 aromatic heterocycles. The lowest BCUT2D eigenvalue weighted by atomic mass is 10.0. The Morgan fingerprint density at radius 2 is 1.84 bits per heavy atom. The van der Waals surface area contributed by atoms with E-state index in [0.717, 1.165) is 32.1 Å². The molecule has 0 bridgehead atoms. The SMILES string of the molecule is COc1cc2ccccc2cc1C(=O)N(Cc1ccco1)c1nc2cc(C)cc(C)c2s1. The first-order valence-corrected chi connectivity index (χ1v) is 11.1. The quantitative estimate of drug-likeness (QED) is 0.311. The minimum Gasteiger partial charge on any atom is -0.496 e. The van der Waals surface area contributed by atoms with Crippen LogP contribution in [0, 0.1) is 13.8 Å². The first-order chi connectivity index (χ1) is 15.5. The molecule has 0 aliphatic rings. The molecule has 0 atom stereocenters. The molecule has 0 fully saturated rings. The van der Waals surface area contributed by atoms with Gasteiger partial charge in [0, 0.05) is 0 Å². The number of aryl methyl sites for hydroxylation is 2. The number of anilines is 1. The highest BCUT2D eigenvalue weighted by molar-refractivity contribution is 7.22. The molecule has 0 saturated heterocycles. The van der Waals surface area contributed by atoms with Gasteiger partial charge < -0.3 is 9.15 Å². The van der Waals surface area contributed by atoms with Crippen molar-refractivity contribution in [2.24, 2.45) is 0 Å². The molecule has 5 rings (SSSR count). The maximum Gasteiger partial charge on any atom is 0.264 e. The second-order valence-corrected chi connectivity index (χ2v) is 8.77. The largest absolute Gasteiger partial charge is 0.496 e. The van der Waals surface area contributed by atoms with E-state index in [1.165, 1.54) is 11.3 Å². The van der Waals surface area contributed by atoms with E-state index in [0.29, 0.717) is 22.2 Å². The smallest absolute Gasteiger partial charge is 0.264 e. The van der Waals surface area contributed by atoms with E-state index in [9.17, 15) is 4.79 Å². The normalized spacial score (nSPS) is 11.2. The summed E-state index contributed by atoms with van der Waals surface area (Å²) >= 11 is 1.51. The van der Waals surface area contributed by atoms with Gasteiger partial charge in [-0.15, -0.1) is 0 Å². The van der Waals surface area contributed by atoms with Gasteiger partial charge in [0.2, 0.25) is 0 Å². The topological polar surface area (TPSA) is 55.6 Å². The first kappa shape index (κ1) is 20.3. The number of thiazole rings is 1. The fraction of sp³-hybridized carbons (Fsp3) is 0.154. The maximum atomic E-state index is 13.9. The van der Waals surface area contributed by atoms with E-state index in [-0.39, 0.29) is 12.5 Å². The summed E-state index contributed by atoms with van der Waals surface area (Å²) in [5.74, 6) is 1.04. The number of benzene rings is 3. The third-order valence-electron chi connectivity index (χ3n) is 5.48. The van der Waals surface area contributed by atoms with Crippen molar-refractivity contribution < 1.29 is 13.9 Å². The van der Waals surface area contributed by atoms with Crippen LogP contribution in [-0.2, 0) is 6.54 Å². The van der Waals surface area contributed by atoms with Gasteiger partial charge in [0.25, 0.3) is 5.91 Å². The van der Waals surface area contributed by atoms with Gasteiger partial charge in [-0.1, -0.05) is 41.7 Å². The van der Waals surface area contributed by atoms with Crippen molar-refractivity contribution in [3.8, 4) is 5.75 Å². The molecule has 5 nitrogen and oxygen atoms in total. The molecule has 6 heteroatoms. The number of hydrogen-bond acceptors (Lipinski definition) is 5. The molecule has 0 aliphatic carbocycles. The first-order valence-electron chi connectivity index (χ1n) is 10.3. The Hall–Kier alpha value is -3.64. The van der Waals surface area contributed by atoms with Crippen LogP contribution in [0.5, 0.6) is 5.75 Å². The minimum atomic E-state index is -0.183. The average molecular weight is 443 g/mol. The van der Waals surface area contributed by atoms with Crippen molar-refractivity contribution in [1.29, 1.82) is 0 Å². The fourth-order valence-electron chi connectivity index (χ4n) is 3.97. The van der Waals surface area contributed by atoms with Crippen molar-refractivity contribution in [3.05, 3.63) is 89.4 Å². The zero-order valence-electron chi connectivity index (χ0n) is 18.1. The highest BCUT2D eigenvalue weighted by Crippen LogP contribution is 2.35. The van der Waals surface area contributed by atoms with Gasteiger partial charge in [-0.25, -0.2) is 4.98 Å². The number of carbonyl (C=O) groups excluding carboxylic acids is 1. The van der Waals surface area contributed by atoms with Crippen molar-refractivity contribution in [2.75, 3.05) is 12.0 Å². The Kier molecular flexibility index (Phi) is 5.15. The average Bonchev–Trinajstić information content (AvgIpc) is 3.46. The third-order valence-corrected chi connectivity index (χ3v) is 6.71. The van der Waals surface area contributed by atoms with Crippen molar-refractivity contribution in [3.63, 3.8) is 0 Å². The molecule has 32 heavy (non-hydrogen) atoms. The number of aromatic nitrogens is 1. The second kappa shape index (κ2) is 8.13. The summed E-state index contributed by atoms with van der Waals surface area (Å²) in [5.41, 5.74) is 3.68. The number of methoxy groups -OCH3 is 1. The number of amides is 1. The van der Waals surface area contributed by atoms with Gasteiger partial charge in [0.1, 0.15) is 11.5 Å².